The lowest BCUT2D eigenvalue weighted by Gasteiger charge is -2.04. The standard InChI is InChI=1S/C13H14ClN3O2S/c1-7(18)16-4-5-17-13(19)12-11(15)9-3-2-8(14)6-10(9)20-12/h2-3,6H,4-5,15H2,1H3,(H,16,18)(H,17,19). The van der Waals surface area contributed by atoms with Crippen LogP contribution in [-0.2, 0) is 4.79 Å². The van der Waals surface area contributed by atoms with Crippen LogP contribution >= 0.6 is 22.9 Å². The lowest BCUT2D eigenvalue weighted by atomic mass is 10.2. The Kier molecular flexibility index (Phi) is 4.46. The summed E-state index contributed by atoms with van der Waals surface area (Å²) in [6.07, 6.45) is 0. The smallest absolute Gasteiger partial charge is 0.263 e. The fraction of sp³-hybridized carbons (Fsp3) is 0.231. The molecule has 1 aromatic heterocycles. The molecule has 1 aromatic carbocycles. The number of amides is 2. The maximum atomic E-state index is 12.0. The molecule has 0 aliphatic carbocycles. The quantitative estimate of drug-likeness (QED) is 0.755. The number of hydrogen-bond donors (Lipinski definition) is 3. The average molecular weight is 312 g/mol. The van der Waals surface area contributed by atoms with Crippen molar-refractivity contribution in [1.82, 2.24) is 10.6 Å². The molecular formula is C13H14ClN3O2S. The molecule has 2 aromatic rings. The molecule has 2 rings (SSSR count). The second-order valence-electron chi connectivity index (χ2n) is 4.22. The van der Waals surface area contributed by atoms with E-state index in [0.717, 1.165) is 10.1 Å². The van der Waals surface area contributed by atoms with Gasteiger partial charge in [0.05, 0.1) is 5.69 Å². The maximum absolute atomic E-state index is 12.0. The van der Waals surface area contributed by atoms with E-state index in [4.69, 9.17) is 17.3 Å². The molecule has 1 heterocycles. The van der Waals surface area contributed by atoms with Gasteiger partial charge in [0, 0.05) is 35.1 Å². The molecule has 4 N–H and O–H groups in total. The summed E-state index contributed by atoms with van der Waals surface area (Å²) in [5.74, 6) is -0.375. The molecule has 20 heavy (non-hydrogen) atoms. The first-order valence-electron chi connectivity index (χ1n) is 5.99. The molecule has 0 atom stereocenters. The van der Waals surface area contributed by atoms with Crippen LogP contribution in [0.25, 0.3) is 10.1 Å². The average Bonchev–Trinajstić information content (AvgIpc) is 2.71. The van der Waals surface area contributed by atoms with Crippen molar-refractivity contribution in [2.45, 2.75) is 6.92 Å². The van der Waals surface area contributed by atoms with Gasteiger partial charge in [-0.25, -0.2) is 0 Å². The highest BCUT2D eigenvalue weighted by Crippen LogP contribution is 2.34. The van der Waals surface area contributed by atoms with Gasteiger partial charge < -0.3 is 16.4 Å². The number of halogens is 1. The fourth-order valence-electron chi connectivity index (χ4n) is 1.75. The molecule has 0 radical (unpaired) electrons. The van der Waals surface area contributed by atoms with Crippen LogP contribution < -0.4 is 16.4 Å². The zero-order valence-corrected chi connectivity index (χ0v) is 12.4. The van der Waals surface area contributed by atoms with Crippen LogP contribution in [-0.4, -0.2) is 24.9 Å². The summed E-state index contributed by atoms with van der Waals surface area (Å²) in [5.41, 5.74) is 6.44. The highest BCUT2D eigenvalue weighted by atomic mass is 35.5. The van der Waals surface area contributed by atoms with Gasteiger partial charge in [-0.2, -0.15) is 0 Å². The number of hydrogen-bond acceptors (Lipinski definition) is 4. The van der Waals surface area contributed by atoms with E-state index in [2.05, 4.69) is 10.6 Å². The van der Waals surface area contributed by atoms with Gasteiger partial charge in [-0.3, -0.25) is 9.59 Å². The van der Waals surface area contributed by atoms with Gasteiger partial charge in [0.1, 0.15) is 4.88 Å². The predicted octanol–water partition coefficient (Wildman–Crippen LogP) is 2.00. The maximum Gasteiger partial charge on any atom is 0.263 e. The number of anilines is 1. The molecule has 0 bridgehead atoms. The van der Waals surface area contributed by atoms with Crippen molar-refractivity contribution in [2.24, 2.45) is 0 Å². The zero-order chi connectivity index (χ0) is 14.7. The SMILES string of the molecule is CC(=O)NCCNC(=O)c1sc2cc(Cl)ccc2c1N. The molecule has 0 saturated heterocycles. The highest BCUT2D eigenvalue weighted by Gasteiger charge is 2.16. The Hall–Kier alpha value is -1.79. The second-order valence-corrected chi connectivity index (χ2v) is 5.71. The van der Waals surface area contributed by atoms with Gasteiger partial charge in [0.25, 0.3) is 5.91 Å². The lowest BCUT2D eigenvalue weighted by molar-refractivity contribution is -0.118. The third-order valence-electron chi connectivity index (χ3n) is 2.68. The van der Waals surface area contributed by atoms with Crippen LogP contribution in [0, 0.1) is 0 Å². The summed E-state index contributed by atoms with van der Waals surface area (Å²) in [6, 6.07) is 5.33. The minimum absolute atomic E-state index is 0.129. The topological polar surface area (TPSA) is 84.2 Å². The number of carbonyl (C=O) groups is 2. The largest absolute Gasteiger partial charge is 0.397 e. The van der Waals surface area contributed by atoms with Crippen LogP contribution in [0.1, 0.15) is 16.6 Å². The number of thiophene rings is 1. The fourth-order valence-corrected chi connectivity index (χ4v) is 3.07. The molecule has 2 amide bonds. The number of fused-ring (bicyclic) bond motifs is 1. The van der Waals surface area contributed by atoms with E-state index in [0.29, 0.717) is 28.7 Å². The summed E-state index contributed by atoms with van der Waals surface area (Å²) < 4.78 is 0.877. The van der Waals surface area contributed by atoms with Crippen molar-refractivity contribution >= 4 is 50.5 Å². The lowest BCUT2D eigenvalue weighted by Crippen LogP contribution is -2.33. The first-order chi connectivity index (χ1) is 9.49. The Morgan fingerprint density at radius 1 is 1.30 bits per heavy atom. The third kappa shape index (κ3) is 3.20. The van der Waals surface area contributed by atoms with Crippen molar-refractivity contribution < 1.29 is 9.59 Å². The molecule has 0 aliphatic rings. The van der Waals surface area contributed by atoms with Crippen LogP contribution in [0.5, 0.6) is 0 Å². The summed E-state index contributed by atoms with van der Waals surface area (Å²) in [5, 5.41) is 6.75. The summed E-state index contributed by atoms with van der Waals surface area (Å²) >= 11 is 7.22. The van der Waals surface area contributed by atoms with Crippen molar-refractivity contribution in [2.75, 3.05) is 18.8 Å². The minimum Gasteiger partial charge on any atom is -0.397 e. The Labute approximate surface area is 125 Å². The Bertz CT molecular complexity index is 669. The molecule has 7 heteroatoms. The Morgan fingerprint density at radius 2 is 2.00 bits per heavy atom. The summed E-state index contributed by atoms with van der Waals surface area (Å²) in [6.45, 7) is 2.17. The van der Waals surface area contributed by atoms with E-state index in [1.165, 1.54) is 18.3 Å². The van der Waals surface area contributed by atoms with Gasteiger partial charge in [-0.05, 0) is 18.2 Å². The van der Waals surface area contributed by atoms with Gasteiger partial charge in [-0.1, -0.05) is 11.6 Å². The normalized spacial score (nSPS) is 10.5. The molecular weight excluding hydrogens is 298 g/mol. The molecule has 5 nitrogen and oxygen atoms in total. The number of benzene rings is 1. The van der Waals surface area contributed by atoms with Crippen molar-refractivity contribution in [3.05, 3.63) is 28.1 Å². The van der Waals surface area contributed by atoms with Gasteiger partial charge in [-0.15, -0.1) is 11.3 Å². The monoisotopic (exact) mass is 311 g/mol. The van der Waals surface area contributed by atoms with E-state index >= 15 is 0 Å². The van der Waals surface area contributed by atoms with Crippen LogP contribution in [0.3, 0.4) is 0 Å². The molecule has 0 unspecified atom stereocenters. The van der Waals surface area contributed by atoms with Crippen LogP contribution in [0.15, 0.2) is 18.2 Å². The minimum atomic E-state index is -0.245. The number of carbonyl (C=O) groups excluding carboxylic acids is 2. The molecule has 0 fully saturated rings. The van der Waals surface area contributed by atoms with Crippen molar-refractivity contribution in [3.63, 3.8) is 0 Å². The first kappa shape index (κ1) is 14.6. The summed E-state index contributed by atoms with van der Waals surface area (Å²) in [4.78, 5) is 23.2. The molecule has 0 aliphatic heterocycles. The number of nitrogens with two attached hydrogens (primary N) is 1. The van der Waals surface area contributed by atoms with E-state index in [1.54, 1.807) is 18.2 Å². The van der Waals surface area contributed by atoms with Gasteiger partial charge >= 0.3 is 0 Å². The molecule has 106 valence electrons. The van der Waals surface area contributed by atoms with E-state index in [-0.39, 0.29) is 11.8 Å². The van der Waals surface area contributed by atoms with Crippen LogP contribution in [0.2, 0.25) is 5.02 Å². The first-order valence-corrected chi connectivity index (χ1v) is 7.18. The van der Waals surface area contributed by atoms with Gasteiger partial charge in [0.2, 0.25) is 5.91 Å². The Balaban J connectivity index is 2.10. The zero-order valence-electron chi connectivity index (χ0n) is 10.8. The molecule has 0 spiro atoms. The Morgan fingerprint density at radius 3 is 2.70 bits per heavy atom. The number of nitrogens with one attached hydrogen (secondary N) is 2. The third-order valence-corrected chi connectivity index (χ3v) is 4.08. The van der Waals surface area contributed by atoms with Crippen LogP contribution in [0.4, 0.5) is 5.69 Å². The molecule has 0 saturated carbocycles. The number of rotatable bonds is 4. The van der Waals surface area contributed by atoms with Crippen molar-refractivity contribution in [3.8, 4) is 0 Å². The predicted molar refractivity (Wildman–Crippen MR) is 82.3 cm³/mol. The van der Waals surface area contributed by atoms with E-state index in [9.17, 15) is 9.59 Å². The van der Waals surface area contributed by atoms with Crippen molar-refractivity contribution in [1.29, 1.82) is 0 Å². The van der Waals surface area contributed by atoms with Gasteiger partial charge in [0.15, 0.2) is 0 Å². The van der Waals surface area contributed by atoms with E-state index < -0.39 is 0 Å². The highest BCUT2D eigenvalue weighted by molar-refractivity contribution is 7.21. The second kappa shape index (κ2) is 6.11. The number of nitrogen functional groups attached to an aromatic ring is 1. The van der Waals surface area contributed by atoms with E-state index in [1.807, 2.05) is 0 Å². The summed E-state index contributed by atoms with van der Waals surface area (Å²) in [7, 11) is 0.